The summed E-state index contributed by atoms with van der Waals surface area (Å²) in [4.78, 5) is 25.4. The highest BCUT2D eigenvalue weighted by molar-refractivity contribution is 6.31. The largest absolute Gasteiger partial charge is 0.480 e. The Bertz CT molecular complexity index is 803. The monoisotopic (exact) mass is 361 g/mol. The Morgan fingerprint density at radius 1 is 1.36 bits per heavy atom. The molecule has 1 aliphatic rings. The topological polar surface area (TPSA) is 75.4 Å². The molecule has 1 atom stereocenters. The first-order valence-electron chi connectivity index (χ1n) is 8.24. The summed E-state index contributed by atoms with van der Waals surface area (Å²) in [7, 11) is 0. The molecule has 0 saturated carbocycles. The van der Waals surface area contributed by atoms with Crippen molar-refractivity contribution in [1.29, 1.82) is 0 Å². The van der Waals surface area contributed by atoms with Crippen molar-refractivity contribution in [1.82, 2.24) is 14.7 Å². The van der Waals surface area contributed by atoms with Crippen LogP contribution in [0.15, 0.2) is 30.5 Å². The molecule has 1 aromatic heterocycles. The van der Waals surface area contributed by atoms with E-state index < -0.39 is 5.97 Å². The van der Waals surface area contributed by atoms with Gasteiger partial charge in [-0.3, -0.25) is 14.3 Å². The van der Waals surface area contributed by atoms with E-state index in [4.69, 9.17) is 16.7 Å². The van der Waals surface area contributed by atoms with Crippen LogP contribution < -0.4 is 0 Å². The second-order valence-corrected chi connectivity index (χ2v) is 6.79. The number of carboxylic acids is 1. The van der Waals surface area contributed by atoms with Crippen molar-refractivity contribution in [3.63, 3.8) is 0 Å². The Morgan fingerprint density at radius 3 is 2.88 bits per heavy atom. The fraction of sp³-hybridized carbons (Fsp3) is 0.389. The van der Waals surface area contributed by atoms with Crippen LogP contribution in [0, 0.1) is 6.92 Å². The number of carboxylic acid groups (broad SMARTS) is 1. The Labute approximate surface area is 151 Å². The number of amides is 1. The van der Waals surface area contributed by atoms with Crippen LogP contribution in [-0.4, -0.2) is 44.8 Å². The van der Waals surface area contributed by atoms with Crippen LogP contribution in [0.2, 0.25) is 5.02 Å². The standard InChI is InChI=1S/C18H20ClN3O3/c1-12-9-13(4-5-15(12)19)18(25)21-7-2-3-14(10-21)16-6-8-22(20-16)11-17(23)24/h4-6,8-9,14H,2-3,7,10-11H2,1H3,(H,23,24)/t14-/m1/s1. The summed E-state index contributed by atoms with van der Waals surface area (Å²) < 4.78 is 1.42. The normalized spacial score (nSPS) is 17.5. The van der Waals surface area contributed by atoms with E-state index in [9.17, 15) is 9.59 Å². The molecule has 3 rings (SSSR count). The molecule has 2 aromatic rings. The summed E-state index contributed by atoms with van der Waals surface area (Å²) in [6.45, 7) is 3.03. The second-order valence-electron chi connectivity index (χ2n) is 6.39. The first-order valence-corrected chi connectivity index (χ1v) is 8.62. The molecule has 1 amide bonds. The lowest BCUT2D eigenvalue weighted by atomic mass is 9.94. The zero-order chi connectivity index (χ0) is 18.0. The molecule has 1 fully saturated rings. The van der Waals surface area contributed by atoms with Crippen LogP contribution in [0.4, 0.5) is 0 Å². The maximum Gasteiger partial charge on any atom is 0.325 e. The lowest BCUT2D eigenvalue weighted by Crippen LogP contribution is -2.39. The van der Waals surface area contributed by atoms with Crippen LogP contribution in [0.1, 0.15) is 40.4 Å². The molecule has 0 unspecified atom stereocenters. The summed E-state index contributed by atoms with van der Waals surface area (Å²) in [5, 5.41) is 13.8. The fourth-order valence-corrected chi connectivity index (χ4v) is 3.30. The average molecular weight is 362 g/mol. The van der Waals surface area contributed by atoms with Crippen LogP contribution in [0.3, 0.4) is 0 Å². The Balaban J connectivity index is 1.72. The Morgan fingerprint density at radius 2 is 2.16 bits per heavy atom. The van der Waals surface area contributed by atoms with E-state index in [1.807, 2.05) is 24.0 Å². The van der Waals surface area contributed by atoms with Gasteiger partial charge in [-0.15, -0.1) is 0 Å². The van der Waals surface area contributed by atoms with E-state index in [2.05, 4.69) is 5.10 Å². The summed E-state index contributed by atoms with van der Waals surface area (Å²) in [5.41, 5.74) is 2.36. The summed E-state index contributed by atoms with van der Waals surface area (Å²) in [6, 6.07) is 7.16. The number of nitrogens with zero attached hydrogens (tertiary/aromatic N) is 3. The number of hydrogen-bond acceptors (Lipinski definition) is 3. The maximum atomic E-state index is 12.8. The van der Waals surface area contributed by atoms with Gasteiger partial charge >= 0.3 is 5.97 Å². The van der Waals surface area contributed by atoms with Gasteiger partial charge in [0.2, 0.25) is 0 Å². The molecule has 0 bridgehead atoms. The number of rotatable bonds is 4. The van der Waals surface area contributed by atoms with Gasteiger partial charge in [-0.2, -0.15) is 5.10 Å². The van der Waals surface area contributed by atoms with Gasteiger partial charge in [0.15, 0.2) is 0 Å². The lowest BCUT2D eigenvalue weighted by molar-refractivity contribution is -0.137. The van der Waals surface area contributed by atoms with Crippen LogP contribution >= 0.6 is 11.6 Å². The van der Waals surface area contributed by atoms with E-state index >= 15 is 0 Å². The number of aryl methyl sites for hydroxylation is 1. The molecule has 132 valence electrons. The molecule has 0 spiro atoms. The molecule has 1 saturated heterocycles. The van der Waals surface area contributed by atoms with Crippen molar-refractivity contribution < 1.29 is 14.7 Å². The molecule has 6 nitrogen and oxygen atoms in total. The van der Waals surface area contributed by atoms with Crippen molar-refractivity contribution in [2.45, 2.75) is 32.2 Å². The van der Waals surface area contributed by atoms with Gasteiger partial charge in [-0.1, -0.05) is 11.6 Å². The van der Waals surface area contributed by atoms with E-state index in [-0.39, 0.29) is 18.4 Å². The Hall–Kier alpha value is -2.34. The third-order valence-corrected chi connectivity index (χ3v) is 4.91. The quantitative estimate of drug-likeness (QED) is 0.908. The number of carbonyl (C=O) groups is 2. The first kappa shape index (κ1) is 17.5. The predicted octanol–water partition coefficient (Wildman–Crippen LogP) is 2.95. The van der Waals surface area contributed by atoms with Gasteiger partial charge in [0, 0.05) is 35.8 Å². The average Bonchev–Trinajstić information content (AvgIpc) is 3.04. The zero-order valence-electron chi connectivity index (χ0n) is 14.0. The van der Waals surface area contributed by atoms with Crippen molar-refractivity contribution in [3.8, 4) is 0 Å². The number of hydrogen-bond donors (Lipinski definition) is 1. The number of piperidine rings is 1. The first-order chi connectivity index (χ1) is 11.9. The molecule has 0 aliphatic carbocycles. The van der Waals surface area contributed by atoms with Crippen molar-refractivity contribution in [2.75, 3.05) is 13.1 Å². The lowest BCUT2D eigenvalue weighted by Gasteiger charge is -2.32. The van der Waals surface area contributed by atoms with Crippen molar-refractivity contribution >= 4 is 23.5 Å². The van der Waals surface area contributed by atoms with Crippen molar-refractivity contribution in [2.24, 2.45) is 0 Å². The molecule has 1 aliphatic heterocycles. The zero-order valence-corrected chi connectivity index (χ0v) is 14.7. The SMILES string of the molecule is Cc1cc(C(=O)N2CCC[C@@H](c3ccn(CC(=O)O)n3)C2)ccc1Cl. The van der Waals surface area contributed by atoms with Crippen molar-refractivity contribution in [3.05, 3.63) is 52.3 Å². The van der Waals surface area contributed by atoms with Gasteiger partial charge in [0.25, 0.3) is 5.91 Å². The molecule has 2 heterocycles. The minimum atomic E-state index is -0.923. The maximum absolute atomic E-state index is 12.8. The number of halogens is 1. The molecule has 1 aromatic carbocycles. The summed E-state index contributed by atoms with van der Waals surface area (Å²) in [5.74, 6) is -0.802. The van der Waals surface area contributed by atoms with E-state index in [1.54, 1.807) is 18.3 Å². The number of benzene rings is 1. The molecule has 25 heavy (non-hydrogen) atoms. The van der Waals surface area contributed by atoms with E-state index in [0.29, 0.717) is 23.7 Å². The summed E-state index contributed by atoms with van der Waals surface area (Å²) >= 11 is 6.04. The highest BCUT2D eigenvalue weighted by Crippen LogP contribution is 2.27. The number of aromatic nitrogens is 2. The third-order valence-electron chi connectivity index (χ3n) is 4.49. The van der Waals surface area contributed by atoms with E-state index in [1.165, 1.54) is 4.68 Å². The fourth-order valence-electron chi connectivity index (χ4n) is 3.19. The minimum Gasteiger partial charge on any atom is -0.480 e. The van der Waals surface area contributed by atoms with Crippen LogP contribution in [0.5, 0.6) is 0 Å². The van der Waals surface area contributed by atoms with Crippen LogP contribution in [0.25, 0.3) is 0 Å². The van der Waals surface area contributed by atoms with E-state index in [0.717, 1.165) is 24.1 Å². The highest BCUT2D eigenvalue weighted by Gasteiger charge is 2.27. The molecular weight excluding hydrogens is 342 g/mol. The molecule has 7 heteroatoms. The molecular formula is C18H20ClN3O3. The second kappa shape index (κ2) is 7.27. The number of carbonyl (C=O) groups excluding carboxylic acids is 1. The van der Waals surface area contributed by atoms with Gasteiger partial charge < -0.3 is 10.0 Å². The van der Waals surface area contributed by atoms with Gasteiger partial charge in [-0.05, 0) is 49.6 Å². The summed E-state index contributed by atoms with van der Waals surface area (Å²) in [6.07, 6.45) is 3.51. The van der Waals surface area contributed by atoms with Gasteiger partial charge in [0.1, 0.15) is 6.54 Å². The third kappa shape index (κ3) is 4.02. The predicted molar refractivity (Wildman–Crippen MR) is 93.9 cm³/mol. The highest BCUT2D eigenvalue weighted by atomic mass is 35.5. The Kier molecular flexibility index (Phi) is 5.08. The number of aliphatic carboxylic acids is 1. The smallest absolute Gasteiger partial charge is 0.325 e. The molecule has 0 radical (unpaired) electrons. The minimum absolute atomic E-state index is 0.00515. The number of likely N-dealkylation sites (tertiary alicyclic amines) is 1. The van der Waals surface area contributed by atoms with Crippen LogP contribution in [-0.2, 0) is 11.3 Å². The van der Waals surface area contributed by atoms with Gasteiger partial charge in [0.05, 0.1) is 5.69 Å². The van der Waals surface area contributed by atoms with Gasteiger partial charge in [-0.25, -0.2) is 0 Å². The molecule has 1 N–H and O–H groups in total.